The minimum Gasteiger partial charge on any atom is -0.447 e. The molecule has 1 aromatic heterocycles. The standard InChI is InChI=1S/C13H16N4O2/c1-9-10(5-14)4-11(15-9)6-16-2-3-17-12(7-16)8-19-13(17)18/h4,12,15H,2-3,6-8H2,1H3. The summed E-state index contributed by atoms with van der Waals surface area (Å²) < 4.78 is 5.05. The number of nitrogens with zero attached hydrogens (tertiary/aromatic N) is 3. The number of cyclic esters (lactones) is 1. The summed E-state index contributed by atoms with van der Waals surface area (Å²) in [6, 6.07) is 4.25. The minimum absolute atomic E-state index is 0.174. The van der Waals surface area contributed by atoms with Gasteiger partial charge in [-0.05, 0) is 13.0 Å². The van der Waals surface area contributed by atoms with Crippen LogP contribution in [0.25, 0.3) is 0 Å². The zero-order chi connectivity index (χ0) is 13.4. The van der Waals surface area contributed by atoms with E-state index in [2.05, 4.69) is 16.0 Å². The molecule has 2 aliphatic rings. The van der Waals surface area contributed by atoms with Gasteiger partial charge in [-0.1, -0.05) is 0 Å². The van der Waals surface area contributed by atoms with Gasteiger partial charge in [-0.2, -0.15) is 5.26 Å². The van der Waals surface area contributed by atoms with Crippen LogP contribution in [0.5, 0.6) is 0 Å². The van der Waals surface area contributed by atoms with Crippen molar-refractivity contribution in [3.05, 3.63) is 23.0 Å². The number of ether oxygens (including phenoxy) is 1. The number of carbonyl (C=O) groups excluding carboxylic acids is 1. The first-order valence-corrected chi connectivity index (χ1v) is 6.41. The van der Waals surface area contributed by atoms with E-state index in [0.29, 0.717) is 18.7 Å². The molecule has 2 saturated heterocycles. The van der Waals surface area contributed by atoms with Crippen LogP contribution >= 0.6 is 0 Å². The number of fused-ring (bicyclic) bond motifs is 1. The quantitative estimate of drug-likeness (QED) is 0.855. The maximum absolute atomic E-state index is 11.4. The number of rotatable bonds is 2. The Morgan fingerprint density at radius 1 is 1.58 bits per heavy atom. The van der Waals surface area contributed by atoms with Gasteiger partial charge in [0, 0.05) is 37.6 Å². The molecular weight excluding hydrogens is 244 g/mol. The molecule has 6 nitrogen and oxygen atoms in total. The summed E-state index contributed by atoms with van der Waals surface area (Å²) >= 11 is 0. The Morgan fingerprint density at radius 3 is 3.16 bits per heavy atom. The summed E-state index contributed by atoms with van der Waals surface area (Å²) in [5.74, 6) is 0. The van der Waals surface area contributed by atoms with Crippen molar-refractivity contribution < 1.29 is 9.53 Å². The SMILES string of the molecule is Cc1[nH]c(CN2CCN3C(=O)OCC3C2)cc1C#N. The Balaban J connectivity index is 1.65. The van der Waals surface area contributed by atoms with Crippen LogP contribution in [0.2, 0.25) is 0 Å². The lowest BCUT2D eigenvalue weighted by Crippen LogP contribution is -2.51. The van der Waals surface area contributed by atoms with Crippen LogP contribution in [-0.2, 0) is 11.3 Å². The fourth-order valence-corrected chi connectivity index (χ4v) is 2.77. The number of aromatic amines is 1. The molecule has 19 heavy (non-hydrogen) atoms. The van der Waals surface area contributed by atoms with Crippen LogP contribution in [0.1, 0.15) is 17.0 Å². The average Bonchev–Trinajstić information content (AvgIpc) is 2.93. The van der Waals surface area contributed by atoms with Crippen molar-refractivity contribution in [2.24, 2.45) is 0 Å². The Bertz CT molecular complexity index is 545. The van der Waals surface area contributed by atoms with Crippen LogP contribution in [0.3, 0.4) is 0 Å². The van der Waals surface area contributed by atoms with E-state index >= 15 is 0 Å². The van der Waals surface area contributed by atoms with Crippen molar-refractivity contribution in [1.29, 1.82) is 5.26 Å². The van der Waals surface area contributed by atoms with Gasteiger partial charge in [-0.25, -0.2) is 4.79 Å². The molecule has 3 rings (SSSR count). The van der Waals surface area contributed by atoms with Crippen molar-refractivity contribution >= 4 is 6.09 Å². The number of aromatic nitrogens is 1. The van der Waals surface area contributed by atoms with E-state index in [4.69, 9.17) is 10.00 Å². The van der Waals surface area contributed by atoms with Crippen LogP contribution in [0.4, 0.5) is 4.79 Å². The number of nitrogens with one attached hydrogen (secondary N) is 1. The molecule has 2 fully saturated rings. The first-order valence-electron chi connectivity index (χ1n) is 6.41. The van der Waals surface area contributed by atoms with Crippen LogP contribution in [0, 0.1) is 18.3 Å². The molecule has 0 aliphatic carbocycles. The van der Waals surface area contributed by atoms with Gasteiger partial charge in [0.25, 0.3) is 0 Å². The number of aryl methyl sites for hydroxylation is 1. The number of carbonyl (C=O) groups is 1. The van der Waals surface area contributed by atoms with Crippen molar-refractivity contribution in [2.75, 3.05) is 26.2 Å². The Labute approximate surface area is 111 Å². The summed E-state index contributed by atoms with van der Waals surface area (Å²) in [5, 5.41) is 8.95. The molecular formula is C13H16N4O2. The second kappa shape index (κ2) is 4.59. The van der Waals surface area contributed by atoms with Crippen molar-refractivity contribution in [3.63, 3.8) is 0 Å². The van der Waals surface area contributed by atoms with Gasteiger partial charge in [0.05, 0.1) is 11.6 Å². The summed E-state index contributed by atoms with van der Waals surface area (Å²) in [6.45, 7) is 5.55. The van der Waals surface area contributed by atoms with Gasteiger partial charge in [-0.15, -0.1) is 0 Å². The van der Waals surface area contributed by atoms with Gasteiger partial charge in [0.1, 0.15) is 12.7 Å². The number of amides is 1. The Morgan fingerprint density at radius 2 is 2.42 bits per heavy atom. The smallest absolute Gasteiger partial charge is 0.410 e. The third kappa shape index (κ3) is 2.17. The summed E-state index contributed by atoms with van der Waals surface area (Å²) in [5.41, 5.74) is 2.66. The van der Waals surface area contributed by atoms with E-state index in [1.807, 2.05) is 13.0 Å². The second-order valence-electron chi connectivity index (χ2n) is 5.10. The number of hydrogen-bond acceptors (Lipinski definition) is 4. The predicted molar refractivity (Wildman–Crippen MR) is 67.4 cm³/mol. The van der Waals surface area contributed by atoms with E-state index in [1.54, 1.807) is 4.90 Å². The van der Waals surface area contributed by atoms with Crippen molar-refractivity contribution in [2.45, 2.75) is 19.5 Å². The van der Waals surface area contributed by atoms with E-state index < -0.39 is 0 Å². The van der Waals surface area contributed by atoms with Gasteiger partial charge >= 0.3 is 6.09 Å². The molecule has 6 heteroatoms. The first kappa shape index (κ1) is 12.1. The maximum atomic E-state index is 11.4. The van der Waals surface area contributed by atoms with Gasteiger partial charge in [0.15, 0.2) is 0 Å². The highest BCUT2D eigenvalue weighted by atomic mass is 16.6. The molecule has 0 aromatic carbocycles. The van der Waals surface area contributed by atoms with E-state index in [-0.39, 0.29) is 12.1 Å². The molecule has 3 heterocycles. The zero-order valence-corrected chi connectivity index (χ0v) is 10.8. The summed E-state index contributed by atoms with van der Waals surface area (Å²) in [6.07, 6.45) is -0.188. The van der Waals surface area contributed by atoms with Gasteiger partial charge in [-0.3, -0.25) is 9.80 Å². The Hall–Kier alpha value is -2.00. The Kier molecular flexibility index (Phi) is 2.91. The number of hydrogen-bond donors (Lipinski definition) is 1. The number of nitriles is 1. The number of piperazine rings is 1. The molecule has 1 unspecified atom stereocenters. The molecule has 100 valence electrons. The fraction of sp³-hybridized carbons (Fsp3) is 0.538. The molecule has 1 atom stereocenters. The molecule has 0 bridgehead atoms. The summed E-state index contributed by atoms with van der Waals surface area (Å²) in [4.78, 5) is 18.7. The highest BCUT2D eigenvalue weighted by molar-refractivity contribution is 5.70. The van der Waals surface area contributed by atoms with Crippen molar-refractivity contribution in [3.8, 4) is 6.07 Å². The van der Waals surface area contributed by atoms with Crippen LogP contribution in [-0.4, -0.2) is 53.2 Å². The zero-order valence-electron chi connectivity index (χ0n) is 10.8. The molecule has 1 N–H and O–H groups in total. The molecule has 0 saturated carbocycles. The summed E-state index contributed by atoms with van der Waals surface area (Å²) in [7, 11) is 0. The molecule has 0 spiro atoms. The van der Waals surface area contributed by atoms with Crippen molar-refractivity contribution in [1.82, 2.24) is 14.8 Å². The lowest BCUT2D eigenvalue weighted by molar-refractivity contribution is 0.115. The van der Waals surface area contributed by atoms with E-state index in [9.17, 15) is 4.79 Å². The minimum atomic E-state index is -0.188. The average molecular weight is 260 g/mol. The molecule has 2 aliphatic heterocycles. The van der Waals surface area contributed by atoms with E-state index in [0.717, 1.165) is 31.0 Å². The highest BCUT2D eigenvalue weighted by Gasteiger charge is 2.37. The monoisotopic (exact) mass is 260 g/mol. The normalized spacial score (nSPS) is 23.1. The van der Waals surface area contributed by atoms with Crippen LogP contribution in [0.15, 0.2) is 6.07 Å². The molecule has 0 radical (unpaired) electrons. The molecule has 1 aromatic rings. The second-order valence-corrected chi connectivity index (χ2v) is 5.10. The van der Waals surface area contributed by atoms with Gasteiger partial charge in [0.2, 0.25) is 0 Å². The van der Waals surface area contributed by atoms with Gasteiger partial charge < -0.3 is 9.72 Å². The lowest BCUT2D eigenvalue weighted by Gasteiger charge is -2.35. The van der Waals surface area contributed by atoms with E-state index in [1.165, 1.54) is 0 Å². The third-order valence-electron chi connectivity index (χ3n) is 3.79. The molecule has 1 amide bonds. The maximum Gasteiger partial charge on any atom is 0.410 e. The van der Waals surface area contributed by atoms with Crippen LogP contribution < -0.4 is 0 Å². The fourth-order valence-electron chi connectivity index (χ4n) is 2.77. The topological polar surface area (TPSA) is 72.4 Å². The first-order chi connectivity index (χ1) is 9.17. The number of H-pyrrole nitrogens is 1. The predicted octanol–water partition coefficient (Wildman–Crippen LogP) is 0.831. The highest BCUT2D eigenvalue weighted by Crippen LogP contribution is 2.19. The largest absolute Gasteiger partial charge is 0.447 e. The lowest BCUT2D eigenvalue weighted by atomic mass is 10.2. The third-order valence-corrected chi connectivity index (χ3v) is 3.79.